The molecule has 0 N–H and O–H groups in total. The van der Waals surface area contributed by atoms with Crippen LogP contribution in [0.3, 0.4) is 0 Å². The minimum atomic E-state index is 1.02. The number of unbranched alkanes of at least 4 members (excludes halogenated alkanes) is 13. The third-order valence-electron chi connectivity index (χ3n) is 5.30. The first kappa shape index (κ1) is 22.2. The number of hydrogen-bond acceptors (Lipinski definition) is 1. The molecule has 0 unspecified atom stereocenters. The molecule has 1 heteroatoms. The molecule has 0 radical (unpaired) electrons. The van der Waals surface area contributed by atoms with E-state index < -0.39 is 0 Å². The van der Waals surface area contributed by atoms with E-state index in [4.69, 9.17) is 0 Å². The minimum absolute atomic E-state index is 1.02. The predicted octanol–water partition coefficient (Wildman–Crippen LogP) is 8.21. The van der Waals surface area contributed by atoms with Gasteiger partial charge >= 0.3 is 0 Å². The Bertz CT molecular complexity index is 389. The Morgan fingerprint density at radius 2 is 1.24 bits per heavy atom. The molecular weight excluding hydrogens is 302 g/mol. The van der Waals surface area contributed by atoms with Crippen LogP contribution in [0.25, 0.3) is 0 Å². The monoisotopic (exact) mass is 345 g/mol. The summed E-state index contributed by atoms with van der Waals surface area (Å²) in [6, 6.07) is 0. The van der Waals surface area contributed by atoms with Gasteiger partial charge in [-0.1, -0.05) is 82.9 Å². The van der Waals surface area contributed by atoms with E-state index in [2.05, 4.69) is 37.1 Å². The molecule has 0 aliphatic carbocycles. The summed E-state index contributed by atoms with van der Waals surface area (Å²) >= 11 is 0. The van der Waals surface area contributed by atoms with Gasteiger partial charge in [0.15, 0.2) is 0 Å². The second-order valence-electron chi connectivity index (χ2n) is 7.67. The first-order valence-corrected chi connectivity index (χ1v) is 11.2. The van der Waals surface area contributed by atoms with Crippen molar-refractivity contribution in [3.05, 3.63) is 23.8 Å². The molecule has 1 aliphatic heterocycles. The van der Waals surface area contributed by atoms with E-state index in [1.54, 1.807) is 0 Å². The van der Waals surface area contributed by atoms with Gasteiger partial charge in [0.25, 0.3) is 0 Å². The van der Waals surface area contributed by atoms with Gasteiger partial charge in [-0.15, -0.1) is 0 Å². The Morgan fingerprint density at radius 1 is 0.720 bits per heavy atom. The van der Waals surface area contributed by atoms with Crippen LogP contribution in [0.15, 0.2) is 28.8 Å². The van der Waals surface area contributed by atoms with Crippen LogP contribution in [0, 0.1) is 0 Å². The van der Waals surface area contributed by atoms with Gasteiger partial charge in [0, 0.05) is 12.3 Å². The lowest BCUT2D eigenvalue weighted by Gasteiger charge is -2.02. The maximum Gasteiger partial charge on any atom is 0.0433 e. The van der Waals surface area contributed by atoms with Gasteiger partial charge in [-0.2, -0.15) is 0 Å². The Balaban J connectivity index is 1.76. The average molecular weight is 346 g/mol. The lowest BCUT2D eigenvalue weighted by molar-refractivity contribution is 0.571. The zero-order valence-corrected chi connectivity index (χ0v) is 17.2. The molecule has 1 heterocycles. The Hall–Kier alpha value is -0.850. The summed E-state index contributed by atoms with van der Waals surface area (Å²) in [6.07, 6.45) is 29.1. The van der Waals surface area contributed by atoms with Crippen LogP contribution < -0.4 is 0 Å². The quantitative estimate of drug-likeness (QED) is 0.197. The molecule has 0 aromatic rings. The smallest absolute Gasteiger partial charge is 0.0433 e. The van der Waals surface area contributed by atoms with E-state index in [-0.39, 0.29) is 0 Å². The van der Waals surface area contributed by atoms with Gasteiger partial charge in [0.05, 0.1) is 0 Å². The van der Waals surface area contributed by atoms with Gasteiger partial charge in [0.1, 0.15) is 0 Å². The van der Waals surface area contributed by atoms with Gasteiger partial charge in [-0.05, 0) is 57.4 Å². The molecule has 1 aliphatic rings. The van der Waals surface area contributed by atoms with Crippen molar-refractivity contribution in [2.75, 3.05) is 6.54 Å². The second-order valence-corrected chi connectivity index (χ2v) is 7.67. The van der Waals surface area contributed by atoms with Crippen LogP contribution in [0.5, 0.6) is 0 Å². The van der Waals surface area contributed by atoms with Crippen molar-refractivity contribution >= 4 is 5.71 Å². The highest BCUT2D eigenvalue weighted by Crippen LogP contribution is 2.16. The molecule has 144 valence electrons. The Kier molecular flexibility index (Phi) is 14.7. The summed E-state index contributed by atoms with van der Waals surface area (Å²) in [5.74, 6) is 0. The van der Waals surface area contributed by atoms with Crippen LogP contribution in [0.4, 0.5) is 0 Å². The van der Waals surface area contributed by atoms with Crippen molar-refractivity contribution in [2.24, 2.45) is 4.99 Å². The molecule has 0 saturated carbocycles. The van der Waals surface area contributed by atoms with E-state index in [1.807, 2.05) is 0 Å². The van der Waals surface area contributed by atoms with Crippen molar-refractivity contribution in [3.8, 4) is 0 Å². The lowest BCUT2D eigenvalue weighted by atomic mass is 10.0. The molecular formula is C24H43N. The molecule has 1 nitrogen and oxygen atoms in total. The van der Waals surface area contributed by atoms with Gasteiger partial charge < -0.3 is 0 Å². The molecule has 0 amide bonds. The number of hydrogen-bond donors (Lipinski definition) is 0. The topological polar surface area (TPSA) is 12.4 Å². The zero-order valence-electron chi connectivity index (χ0n) is 17.2. The van der Waals surface area contributed by atoms with Crippen LogP contribution in [-0.2, 0) is 0 Å². The van der Waals surface area contributed by atoms with Gasteiger partial charge in [-0.3, -0.25) is 4.99 Å². The molecule has 1 rings (SSSR count). The molecule has 0 bridgehead atoms. The van der Waals surface area contributed by atoms with E-state index in [0.717, 1.165) is 6.54 Å². The summed E-state index contributed by atoms with van der Waals surface area (Å²) < 4.78 is 0. The van der Waals surface area contributed by atoms with Crippen LogP contribution >= 0.6 is 0 Å². The van der Waals surface area contributed by atoms with E-state index in [9.17, 15) is 0 Å². The highest BCUT2D eigenvalue weighted by Gasteiger charge is 2.06. The Labute approximate surface area is 158 Å². The molecule has 25 heavy (non-hydrogen) atoms. The third-order valence-corrected chi connectivity index (χ3v) is 5.30. The molecule has 0 aromatic carbocycles. The molecule has 0 fully saturated rings. The normalized spacial score (nSPS) is 16.2. The van der Waals surface area contributed by atoms with Crippen molar-refractivity contribution in [3.63, 3.8) is 0 Å². The number of rotatable bonds is 16. The van der Waals surface area contributed by atoms with Crippen molar-refractivity contribution in [1.29, 1.82) is 0 Å². The van der Waals surface area contributed by atoms with Crippen molar-refractivity contribution in [1.82, 2.24) is 0 Å². The van der Waals surface area contributed by atoms with E-state index >= 15 is 0 Å². The largest absolute Gasteiger partial charge is 0.289 e. The van der Waals surface area contributed by atoms with Crippen LogP contribution in [0.1, 0.15) is 117 Å². The molecule has 0 spiro atoms. The van der Waals surface area contributed by atoms with Gasteiger partial charge in [-0.25, -0.2) is 0 Å². The van der Waals surface area contributed by atoms with Gasteiger partial charge in [0.2, 0.25) is 0 Å². The third kappa shape index (κ3) is 13.1. The summed E-state index contributed by atoms with van der Waals surface area (Å²) in [6.45, 7) is 5.45. The van der Waals surface area contributed by atoms with E-state index in [0.29, 0.717) is 0 Å². The fraction of sp³-hybridized carbons (Fsp3) is 0.792. The zero-order chi connectivity index (χ0) is 18.0. The highest BCUT2D eigenvalue weighted by atomic mass is 14.8. The summed E-state index contributed by atoms with van der Waals surface area (Å²) in [7, 11) is 0. The van der Waals surface area contributed by atoms with Crippen molar-refractivity contribution in [2.45, 2.75) is 117 Å². The van der Waals surface area contributed by atoms with Crippen LogP contribution in [-0.4, -0.2) is 12.3 Å². The lowest BCUT2D eigenvalue weighted by Crippen LogP contribution is -1.89. The van der Waals surface area contributed by atoms with Crippen LogP contribution in [0.2, 0.25) is 0 Å². The maximum atomic E-state index is 4.46. The number of nitrogens with zero attached hydrogens (tertiary/aromatic N) is 1. The predicted molar refractivity (Wildman–Crippen MR) is 115 cm³/mol. The molecule has 0 aromatic heterocycles. The first-order chi connectivity index (χ1) is 12.3. The fourth-order valence-electron chi connectivity index (χ4n) is 3.54. The van der Waals surface area contributed by atoms with Crippen molar-refractivity contribution < 1.29 is 0 Å². The minimum Gasteiger partial charge on any atom is -0.289 e. The maximum absolute atomic E-state index is 4.46. The number of allylic oxidation sites excluding steroid dienone is 3. The van der Waals surface area contributed by atoms with E-state index in [1.165, 1.54) is 114 Å². The molecule has 0 saturated heterocycles. The Morgan fingerprint density at radius 3 is 1.76 bits per heavy atom. The summed E-state index contributed by atoms with van der Waals surface area (Å²) in [5.41, 5.74) is 2.79. The average Bonchev–Trinajstić information content (AvgIpc) is 3.02. The highest BCUT2D eigenvalue weighted by molar-refractivity contribution is 5.99. The standard InChI is InChI=1S/C24H43N/c1-3-4-5-6-7-8-9-10-11-12-13-14-15-16-17-18-19-20-24-21-22-25-23(24)2/h8-9,20H,3-7,10-19,21-22H2,1-2H3. The second kappa shape index (κ2) is 16.6. The fourth-order valence-corrected chi connectivity index (χ4v) is 3.54. The summed E-state index contributed by atoms with van der Waals surface area (Å²) in [4.78, 5) is 4.46. The molecule has 0 atom stereocenters. The summed E-state index contributed by atoms with van der Waals surface area (Å²) in [5, 5.41) is 0. The first-order valence-electron chi connectivity index (χ1n) is 11.2. The SMILES string of the molecule is CCCCCCC=CCCCCCCCCCCC=C1CCN=C1C. The number of aliphatic imine (C=N–C) groups is 1.